The van der Waals surface area contributed by atoms with Crippen LogP contribution in [0.25, 0.3) is 10.4 Å². The highest BCUT2D eigenvalue weighted by atomic mass is 35.5. The first-order valence-corrected chi connectivity index (χ1v) is 10.3. The van der Waals surface area contributed by atoms with E-state index in [2.05, 4.69) is 6.07 Å². The van der Waals surface area contributed by atoms with Crippen molar-refractivity contribution in [3.8, 4) is 21.9 Å². The van der Waals surface area contributed by atoms with Crippen molar-refractivity contribution in [1.29, 1.82) is 0 Å². The van der Waals surface area contributed by atoms with Gasteiger partial charge in [0, 0.05) is 21.7 Å². The second-order valence-corrected chi connectivity index (χ2v) is 8.35. The average molecular weight is 430 g/mol. The summed E-state index contributed by atoms with van der Waals surface area (Å²) >= 11 is 7.46. The molecule has 1 amide bonds. The zero-order valence-electron chi connectivity index (χ0n) is 16.0. The maximum Gasteiger partial charge on any atom is 0.269 e. The predicted molar refractivity (Wildman–Crippen MR) is 115 cm³/mol. The molecule has 7 heteroatoms. The fraction of sp³-hybridized carbons (Fsp3) is 0.227. The standard InChI is InChI=1S/C22H20ClNO4S/c1-13(25)12-28-18-8-7-17(10-19(18)27-2)24-11-15-9-20(29-21(15)22(24)26)14-3-5-16(23)6-4-14/h3-10,13,25H,11-12H2,1-2H3. The Morgan fingerprint density at radius 3 is 2.59 bits per heavy atom. The van der Waals surface area contributed by atoms with Crippen molar-refractivity contribution in [3.05, 3.63) is 64.0 Å². The Labute approximate surface area is 178 Å². The van der Waals surface area contributed by atoms with Gasteiger partial charge in [0.15, 0.2) is 11.5 Å². The molecule has 0 aliphatic carbocycles. The third-order valence-electron chi connectivity index (χ3n) is 4.64. The molecule has 0 bridgehead atoms. The number of thiophene rings is 1. The monoisotopic (exact) mass is 429 g/mol. The quantitative estimate of drug-likeness (QED) is 0.599. The number of rotatable bonds is 6. The van der Waals surface area contributed by atoms with Crippen molar-refractivity contribution >= 4 is 34.5 Å². The van der Waals surface area contributed by atoms with Gasteiger partial charge in [0.05, 0.1) is 24.6 Å². The number of hydrogen-bond acceptors (Lipinski definition) is 5. The number of carbonyl (C=O) groups is 1. The molecule has 3 aromatic rings. The number of fused-ring (bicyclic) bond motifs is 1. The SMILES string of the molecule is COc1cc(N2Cc3cc(-c4ccc(Cl)cc4)sc3C2=O)ccc1OCC(C)O. The molecule has 1 unspecified atom stereocenters. The summed E-state index contributed by atoms with van der Waals surface area (Å²) in [5.74, 6) is 1.03. The van der Waals surface area contributed by atoms with Crippen LogP contribution in [0.4, 0.5) is 5.69 Å². The summed E-state index contributed by atoms with van der Waals surface area (Å²) in [6.07, 6.45) is -0.578. The molecule has 150 valence electrons. The minimum atomic E-state index is -0.578. The van der Waals surface area contributed by atoms with E-state index in [1.165, 1.54) is 11.3 Å². The molecule has 0 saturated heterocycles. The number of benzene rings is 2. The van der Waals surface area contributed by atoms with Crippen molar-refractivity contribution in [2.24, 2.45) is 0 Å². The van der Waals surface area contributed by atoms with Gasteiger partial charge in [-0.2, -0.15) is 0 Å². The molecule has 2 aromatic carbocycles. The van der Waals surface area contributed by atoms with Crippen molar-refractivity contribution in [1.82, 2.24) is 0 Å². The number of hydrogen-bond donors (Lipinski definition) is 1. The summed E-state index contributed by atoms with van der Waals surface area (Å²) in [6, 6.07) is 15.1. The van der Waals surface area contributed by atoms with Gasteiger partial charge in [0.25, 0.3) is 5.91 Å². The van der Waals surface area contributed by atoms with Gasteiger partial charge < -0.3 is 19.5 Å². The van der Waals surface area contributed by atoms with Crippen LogP contribution in [0, 0.1) is 0 Å². The van der Waals surface area contributed by atoms with Crippen LogP contribution in [-0.4, -0.2) is 30.8 Å². The maximum absolute atomic E-state index is 13.0. The predicted octanol–water partition coefficient (Wildman–Crippen LogP) is 5.00. The van der Waals surface area contributed by atoms with Crippen molar-refractivity contribution in [3.63, 3.8) is 0 Å². The van der Waals surface area contributed by atoms with E-state index in [0.29, 0.717) is 23.1 Å². The van der Waals surface area contributed by atoms with Crippen LogP contribution in [0.3, 0.4) is 0 Å². The first kappa shape index (κ1) is 19.8. The molecule has 0 spiro atoms. The minimum absolute atomic E-state index is 0.0232. The lowest BCUT2D eigenvalue weighted by atomic mass is 10.1. The van der Waals surface area contributed by atoms with Gasteiger partial charge >= 0.3 is 0 Å². The molecule has 0 fully saturated rings. The number of carbonyl (C=O) groups excluding carboxylic acids is 1. The second kappa shape index (κ2) is 8.06. The van der Waals surface area contributed by atoms with E-state index in [4.69, 9.17) is 21.1 Å². The third kappa shape index (κ3) is 3.96. The molecule has 0 saturated carbocycles. The first-order valence-electron chi connectivity index (χ1n) is 9.15. The minimum Gasteiger partial charge on any atom is -0.493 e. The molecule has 29 heavy (non-hydrogen) atoms. The highest BCUT2D eigenvalue weighted by Gasteiger charge is 2.31. The fourth-order valence-electron chi connectivity index (χ4n) is 3.21. The second-order valence-electron chi connectivity index (χ2n) is 6.86. The van der Waals surface area contributed by atoms with Crippen LogP contribution in [0.15, 0.2) is 48.5 Å². The Hall–Kier alpha value is -2.54. The lowest BCUT2D eigenvalue weighted by molar-refractivity contribution is 0.1000. The van der Waals surface area contributed by atoms with Crippen LogP contribution >= 0.6 is 22.9 Å². The van der Waals surface area contributed by atoms with Gasteiger partial charge in [-0.1, -0.05) is 23.7 Å². The topological polar surface area (TPSA) is 59.0 Å². The lowest BCUT2D eigenvalue weighted by Gasteiger charge is -2.19. The zero-order chi connectivity index (χ0) is 20.5. The number of halogens is 1. The van der Waals surface area contributed by atoms with E-state index in [0.717, 1.165) is 26.6 Å². The molecular formula is C22H20ClNO4S. The Kier molecular flexibility index (Phi) is 5.50. The number of aliphatic hydroxyl groups excluding tert-OH is 1. The Balaban J connectivity index is 1.56. The van der Waals surface area contributed by atoms with Gasteiger partial charge in [0.1, 0.15) is 6.61 Å². The highest BCUT2D eigenvalue weighted by Crippen LogP contribution is 2.40. The number of aliphatic hydroxyl groups is 1. The van der Waals surface area contributed by atoms with E-state index in [9.17, 15) is 9.90 Å². The molecule has 1 N–H and O–H groups in total. The molecule has 4 rings (SSSR count). The van der Waals surface area contributed by atoms with Gasteiger partial charge in [0.2, 0.25) is 0 Å². The summed E-state index contributed by atoms with van der Waals surface area (Å²) in [4.78, 5) is 16.5. The van der Waals surface area contributed by atoms with E-state index in [-0.39, 0.29) is 12.5 Å². The van der Waals surface area contributed by atoms with Crippen LogP contribution in [0.1, 0.15) is 22.2 Å². The first-order chi connectivity index (χ1) is 14.0. The summed E-state index contributed by atoms with van der Waals surface area (Å²) < 4.78 is 11.0. The molecule has 0 radical (unpaired) electrons. The molecule has 1 aliphatic heterocycles. The summed E-state index contributed by atoms with van der Waals surface area (Å²) in [6.45, 7) is 2.33. The number of anilines is 1. The number of ether oxygens (including phenoxy) is 2. The zero-order valence-corrected chi connectivity index (χ0v) is 17.6. The maximum atomic E-state index is 13.0. The molecule has 5 nitrogen and oxygen atoms in total. The lowest BCUT2D eigenvalue weighted by Crippen LogP contribution is -2.23. The van der Waals surface area contributed by atoms with Gasteiger partial charge in [-0.3, -0.25) is 4.79 Å². The number of amides is 1. The van der Waals surface area contributed by atoms with Crippen LogP contribution < -0.4 is 14.4 Å². The van der Waals surface area contributed by atoms with Gasteiger partial charge in [-0.05, 0) is 48.4 Å². The van der Waals surface area contributed by atoms with Gasteiger partial charge in [-0.25, -0.2) is 0 Å². The largest absolute Gasteiger partial charge is 0.493 e. The molecule has 1 atom stereocenters. The molecule has 2 heterocycles. The van der Waals surface area contributed by atoms with E-state index < -0.39 is 6.10 Å². The fourth-order valence-corrected chi connectivity index (χ4v) is 4.46. The van der Waals surface area contributed by atoms with Crippen molar-refractivity contribution < 1.29 is 19.4 Å². The van der Waals surface area contributed by atoms with Crippen LogP contribution in [0.2, 0.25) is 5.02 Å². The van der Waals surface area contributed by atoms with Crippen LogP contribution in [0.5, 0.6) is 11.5 Å². The number of methoxy groups -OCH3 is 1. The van der Waals surface area contributed by atoms with Crippen molar-refractivity contribution in [2.75, 3.05) is 18.6 Å². The van der Waals surface area contributed by atoms with Crippen molar-refractivity contribution in [2.45, 2.75) is 19.6 Å². The molecule has 1 aromatic heterocycles. The van der Waals surface area contributed by atoms with Crippen LogP contribution in [-0.2, 0) is 6.54 Å². The Morgan fingerprint density at radius 1 is 1.17 bits per heavy atom. The van der Waals surface area contributed by atoms with E-state index in [1.54, 1.807) is 31.1 Å². The third-order valence-corrected chi connectivity index (χ3v) is 6.11. The summed E-state index contributed by atoms with van der Waals surface area (Å²) in [7, 11) is 1.55. The Bertz CT molecular complexity index is 1050. The Morgan fingerprint density at radius 2 is 1.93 bits per heavy atom. The summed E-state index contributed by atoms with van der Waals surface area (Å²) in [5, 5.41) is 10.1. The van der Waals surface area contributed by atoms with E-state index in [1.807, 2.05) is 30.3 Å². The van der Waals surface area contributed by atoms with E-state index >= 15 is 0 Å². The molecular weight excluding hydrogens is 410 g/mol. The highest BCUT2D eigenvalue weighted by molar-refractivity contribution is 7.17. The smallest absolute Gasteiger partial charge is 0.269 e. The average Bonchev–Trinajstić information content (AvgIpc) is 3.26. The normalized spacial score (nSPS) is 14.1. The van der Waals surface area contributed by atoms with Gasteiger partial charge in [-0.15, -0.1) is 11.3 Å². The molecule has 1 aliphatic rings. The number of nitrogens with zero attached hydrogens (tertiary/aromatic N) is 1. The summed E-state index contributed by atoms with van der Waals surface area (Å²) in [5.41, 5.74) is 2.81.